The smallest absolute Gasteiger partial charge is 0.215 e. The first-order valence-electron chi connectivity index (χ1n) is 8.80. The number of ketones is 1. The van der Waals surface area contributed by atoms with Crippen molar-refractivity contribution in [2.75, 3.05) is 73.2 Å². The van der Waals surface area contributed by atoms with Crippen molar-refractivity contribution < 1.29 is 14.3 Å². The van der Waals surface area contributed by atoms with Gasteiger partial charge in [-0.1, -0.05) is 0 Å². The molecule has 0 aromatic carbocycles. The Morgan fingerprint density at radius 1 is 1.12 bits per heavy atom. The first-order chi connectivity index (χ1) is 11.3. The molecule has 1 unspecified atom stereocenters. The summed E-state index contributed by atoms with van der Waals surface area (Å²) in [5, 5.41) is 0. The minimum atomic E-state index is -0.594. The Morgan fingerprint density at radius 3 is 2.25 bits per heavy atom. The lowest BCUT2D eigenvalue weighted by Crippen LogP contribution is -2.52. The van der Waals surface area contributed by atoms with E-state index in [9.17, 15) is 9.59 Å². The van der Waals surface area contributed by atoms with Crippen LogP contribution in [0.2, 0.25) is 0 Å². The van der Waals surface area contributed by atoms with Gasteiger partial charge in [-0.3, -0.25) is 24.3 Å². The molecule has 2 rings (SSSR count). The maximum atomic E-state index is 11.9. The molecular weight excluding hydrogens is 308 g/mol. The van der Waals surface area contributed by atoms with Crippen LogP contribution in [0.3, 0.4) is 0 Å². The number of hydrogen-bond acceptors (Lipinski definition) is 7. The van der Waals surface area contributed by atoms with Crippen molar-refractivity contribution in [2.45, 2.75) is 25.5 Å². The van der Waals surface area contributed by atoms with Crippen LogP contribution in [-0.2, 0) is 14.3 Å². The number of rotatable bonds is 8. The zero-order valence-corrected chi connectivity index (χ0v) is 15.5. The van der Waals surface area contributed by atoms with Gasteiger partial charge in [0.05, 0.1) is 5.60 Å². The van der Waals surface area contributed by atoms with Crippen LogP contribution in [0.1, 0.15) is 13.8 Å². The molecule has 2 saturated heterocycles. The lowest BCUT2D eigenvalue weighted by molar-refractivity contribution is -0.134. The van der Waals surface area contributed by atoms with Crippen molar-refractivity contribution in [3.8, 4) is 0 Å². The van der Waals surface area contributed by atoms with E-state index in [-0.39, 0.29) is 5.78 Å². The van der Waals surface area contributed by atoms with Gasteiger partial charge in [0.15, 0.2) is 6.29 Å². The van der Waals surface area contributed by atoms with E-state index in [0.717, 1.165) is 52.4 Å². The minimum Gasteiger partial charge on any atom is -0.358 e. The molecule has 7 heteroatoms. The van der Waals surface area contributed by atoms with Gasteiger partial charge < -0.3 is 9.64 Å². The van der Waals surface area contributed by atoms with Crippen LogP contribution in [0.15, 0.2) is 0 Å². The Morgan fingerprint density at radius 2 is 1.71 bits per heavy atom. The molecule has 0 N–H and O–H groups in total. The highest BCUT2D eigenvalue weighted by atomic mass is 16.5. The first kappa shape index (κ1) is 19.5. The number of carbonyl (C=O) groups excluding carboxylic acids is 2. The molecule has 0 aliphatic carbocycles. The van der Waals surface area contributed by atoms with Crippen LogP contribution in [0.4, 0.5) is 0 Å². The summed E-state index contributed by atoms with van der Waals surface area (Å²) in [5.41, 5.74) is -0.594. The van der Waals surface area contributed by atoms with Gasteiger partial charge in [-0.05, 0) is 27.9 Å². The predicted molar refractivity (Wildman–Crippen MR) is 93.0 cm³/mol. The van der Waals surface area contributed by atoms with E-state index in [0.29, 0.717) is 13.0 Å². The number of Topliss-reactive ketones (excluding diaryl/α,β-unsaturated/α-hetero) is 1. The highest BCUT2D eigenvalue weighted by molar-refractivity contribution is 6.27. The van der Waals surface area contributed by atoms with Crippen LogP contribution >= 0.6 is 0 Å². The van der Waals surface area contributed by atoms with E-state index in [1.54, 1.807) is 0 Å². The van der Waals surface area contributed by atoms with Crippen LogP contribution < -0.4 is 0 Å². The molecule has 0 spiro atoms. The monoisotopic (exact) mass is 340 g/mol. The van der Waals surface area contributed by atoms with Crippen molar-refractivity contribution in [1.29, 1.82) is 0 Å². The number of ether oxygens (including phenoxy) is 1. The largest absolute Gasteiger partial charge is 0.358 e. The van der Waals surface area contributed by atoms with E-state index < -0.39 is 11.6 Å². The Labute approximate surface area is 145 Å². The van der Waals surface area contributed by atoms with E-state index in [1.165, 1.54) is 0 Å². The minimum absolute atomic E-state index is 0.383. The fourth-order valence-electron chi connectivity index (χ4n) is 3.47. The van der Waals surface area contributed by atoms with Crippen LogP contribution in [-0.4, -0.2) is 116 Å². The Kier molecular flexibility index (Phi) is 6.88. The molecule has 0 bridgehead atoms. The SMILES string of the molecule is CN(C)CCN1CCN(CCN2COC(C)(C)C2C(=O)C=O)CC1. The Hall–Kier alpha value is -0.860. The molecule has 2 aliphatic rings. The molecular formula is C17H32N4O3. The van der Waals surface area contributed by atoms with Crippen LogP contribution in [0, 0.1) is 0 Å². The number of piperazine rings is 1. The lowest BCUT2D eigenvalue weighted by Gasteiger charge is -2.36. The summed E-state index contributed by atoms with van der Waals surface area (Å²) in [5.74, 6) is -0.383. The normalized spacial score (nSPS) is 26.1. The molecule has 7 nitrogen and oxygen atoms in total. The first-order valence-corrected chi connectivity index (χ1v) is 8.80. The number of nitrogens with zero attached hydrogens (tertiary/aromatic N) is 4. The van der Waals surface area contributed by atoms with Crippen molar-refractivity contribution in [3.63, 3.8) is 0 Å². The fraction of sp³-hybridized carbons (Fsp3) is 0.882. The highest BCUT2D eigenvalue weighted by Gasteiger charge is 2.45. The summed E-state index contributed by atoms with van der Waals surface area (Å²) in [6, 6.07) is -0.462. The quantitative estimate of drug-likeness (QED) is 0.431. The third-order valence-corrected chi connectivity index (χ3v) is 5.04. The third kappa shape index (κ3) is 5.07. The zero-order chi connectivity index (χ0) is 17.7. The van der Waals surface area contributed by atoms with Crippen molar-refractivity contribution in [2.24, 2.45) is 0 Å². The summed E-state index contributed by atoms with van der Waals surface area (Å²) in [4.78, 5) is 32.0. The molecule has 2 aliphatic heterocycles. The summed E-state index contributed by atoms with van der Waals surface area (Å²) >= 11 is 0. The Bertz CT molecular complexity index is 434. The standard InChI is InChI=1S/C17H32N4O3/c1-17(2)16(15(23)13-22)21(14-24-17)12-11-20-9-7-19(8-10-20)6-5-18(3)4/h13,16H,5-12,14H2,1-4H3. The average Bonchev–Trinajstić information content (AvgIpc) is 2.85. The zero-order valence-electron chi connectivity index (χ0n) is 15.5. The number of carbonyl (C=O) groups is 2. The second-order valence-electron chi connectivity index (χ2n) is 7.60. The molecule has 2 heterocycles. The number of likely N-dealkylation sites (N-methyl/N-ethyl adjacent to an activating group) is 1. The fourth-order valence-corrected chi connectivity index (χ4v) is 3.47. The maximum Gasteiger partial charge on any atom is 0.215 e. The van der Waals surface area contributed by atoms with Gasteiger partial charge in [-0.2, -0.15) is 0 Å². The average molecular weight is 340 g/mol. The van der Waals surface area contributed by atoms with E-state index in [1.807, 2.05) is 18.7 Å². The van der Waals surface area contributed by atoms with Crippen molar-refractivity contribution >= 4 is 12.1 Å². The van der Waals surface area contributed by atoms with Crippen molar-refractivity contribution in [1.82, 2.24) is 19.6 Å². The third-order valence-electron chi connectivity index (χ3n) is 5.04. The molecule has 138 valence electrons. The molecule has 0 saturated carbocycles. The van der Waals surface area contributed by atoms with Crippen molar-refractivity contribution in [3.05, 3.63) is 0 Å². The second kappa shape index (κ2) is 8.49. The lowest BCUT2D eigenvalue weighted by atomic mass is 9.95. The topological polar surface area (TPSA) is 56.3 Å². The molecule has 1 atom stereocenters. The molecule has 24 heavy (non-hydrogen) atoms. The molecule has 0 aromatic rings. The van der Waals surface area contributed by atoms with Gasteiger partial charge in [0.1, 0.15) is 12.8 Å². The molecule has 0 aromatic heterocycles. The maximum absolute atomic E-state index is 11.9. The molecule has 0 amide bonds. The van der Waals surface area contributed by atoms with E-state index >= 15 is 0 Å². The summed E-state index contributed by atoms with van der Waals surface area (Å²) in [6.45, 7) is 12.3. The summed E-state index contributed by atoms with van der Waals surface area (Å²) < 4.78 is 5.71. The molecule has 0 radical (unpaired) electrons. The molecule has 2 fully saturated rings. The summed E-state index contributed by atoms with van der Waals surface area (Å²) in [6.07, 6.45) is 0.428. The Balaban J connectivity index is 1.76. The number of hydrogen-bond donors (Lipinski definition) is 0. The van der Waals surface area contributed by atoms with Gasteiger partial charge >= 0.3 is 0 Å². The van der Waals surface area contributed by atoms with Gasteiger partial charge in [-0.25, -0.2) is 0 Å². The van der Waals surface area contributed by atoms with E-state index in [2.05, 4.69) is 28.8 Å². The van der Waals surface area contributed by atoms with Gasteiger partial charge in [0.25, 0.3) is 0 Å². The van der Waals surface area contributed by atoms with Crippen LogP contribution in [0.25, 0.3) is 0 Å². The summed E-state index contributed by atoms with van der Waals surface area (Å²) in [7, 11) is 4.21. The predicted octanol–water partition coefficient (Wildman–Crippen LogP) is -0.629. The second-order valence-corrected chi connectivity index (χ2v) is 7.60. The van der Waals surface area contributed by atoms with Gasteiger partial charge in [0.2, 0.25) is 5.78 Å². The van der Waals surface area contributed by atoms with Gasteiger partial charge in [0, 0.05) is 52.4 Å². The number of aldehydes is 1. The van der Waals surface area contributed by atoms with Gasteiger partial charge in [-0.15, -0.1) is 0 Å². The highest BCUT2D eigenvalue weighted by Crippen LogP contribution is 2.27. The van der Waals surface area contributed by atoms with E-state index in [4.69, 9.17) is 4.74 Å². The van der Waals surface area contributed by atoms with Crippen LogP contribution in [0.5, 0.6) is 0 Å².